The van der Waals surface area contributed by atoms with E-state index < -0.39 is 0 Å². The third kappa shape index (κ3) is 1.98. The van der Waals surface area contributed by atoms with Crippen LogP contribution in [0.5, 0.6) is 0 Å². The molecule has 0 N–H and O–H groups in total. The van der Waals surface area contributed by atoms with Crippen molar-refractivity contribution in [3.63, 3.8) is 0 Å². The molecule has 0 saturated heterocycles. The predicted molar refractivity (Wildman–Crippen MR) is 41.9 cm³/mol. The van der Waals surface area contributed by atoms with Crippen molar-refractivity contribution in [2.45, 2.75) is 26.7 Å². The Morgan fingerprint density at radius 1 is 1.70 bits per heavy atom. The second-order valence-corrected chi connectivity index (χ2v) is 3.91. The number of carbonyl (C=O) groups excluding carboxylic acids is 1. The van der Waals surface area contributed by atoms with Gasteiger partial charge in [-0.25, -0.2) is 0 Å². The van der Waals surface area contributed by atoms with E-state index in [0.717, 1.165) is 12.8 Å². The van der Waals surface area contributed by atoms with Gasteiger partial charge in [0.2, 0.25) is 5.24 Å². The Morgan fingerprint density at radius 2 is 2.30 bits per heavy atom. The lowest BCUT2D eigenvalue weighted by Crippen LogP contribution is -1.95. The van der Waals surface area contributed by atoms with Gasteiger partial charge in [-0.1, -0.05) is 13.8 Å². The molecule has 1 aliphatic carbocycles. The quantitative estimate of drug-likeness (QED) is 0.580. The maximum absolute atomic E-state index is 10.6. The van der Waals surface area contributed by atoms with Gasteiger partial charge >= 0.3 is 0 Å². The van der Waals surface area contributed by atoms with Crippen molar-refractivity contribution in [3.05, 3.63) is 0 Å². The Morgan fingerprint density at radius 3 is 2.60 bits per heavy atom. The third-order valence-corrected chi connectivity index (χ3v) is 2.27. The van der Waals surface area contributed by atoms with E-state index in [-0.39, 0.29) is 11.2 Å². The molecule has 0 aromatic carbocycles. The van der Waals surface area contributed by atoms with Crippen LogP contribution in [0.1, 0.15) is 26.7 Å². The summed E-state index contributed by atoms with van der Waals surface area (Å²) in [5.74, 6) is 1.50. The van der Waals surface area contributed by atoms with E-state index in [4.69, 9.17) is 11.6 Å². The SMILES string of the molecule is CC(C)CC1CC1C(=O)Cl. The summed E-state index contributed by atoms with van der Waals surface area (Å²) in [5.41, 5.74) is 0. The van der Waals surface area contributed by atoms with Crippen molar-refractivity contribution in [1.82, 2.24) is 0 Å². The molecule has 1 aliphatic rings. The van der Waals surface area contributed by atoms with Crippen LogP contribution in [0.3, 0.4) is 0 Å². The Hall–Kier alpha value is -0.0400. The molecule has 0 bridgehead atoms. The van der Waals surface area contributed by atoms with Crippen molar-refractivity contribution < 1.29 is 4.79 Å². The molecule has 0 aromatic rings. The minimum atomic E-state index is -0.134. The summed E-state index contributed by atoms with van der Waals surface area (Å²) >= 11 is 5.31. The van der Waals surface area contributed by atoms with Crippen LogP contribution in [0.4, 0.5) is 0 Å². The standard InChI is InChI=1S/C8H13ClO/c1-5(2)3-6-4-7(6)8(9)10/h5-7H,3-4H2,1-2H3. The summed E-state index contributed by atoms with van der Waals surface area (Å²) in [4.78, 5) is 10.6. The van der Waals surface area contributed by atoms with Gasteiger partial charge in [0.1, 0.15) is 0 Å². The average molecular weight is 161 g/mol. The largest absolute Gasteiger partial charge is 0.281 e. The molecule has 0 aliphatic heterocycles. The Kier molecular flexibility index (Phi) is 2.35. The first-order valence-corrected chi connectivity index (χ1v) is 4.18. The lowest BCUT2D eigenvalue weighted by molar-refractivity contribution is -0.113. The lowest BCUT2D eigenvalue weighted by Gasteiger charge is -2.00. The highest BCUT2D eigenvalue weighted by Gasteiger charge is 2.41. The molecule has 10 heavy (non-hydrogen) atoms. The highest BCUT2D eigenvalue weighted by molar-refractivity contribution is 6.64. The Balaban J connectivity index is 2.20. The summed E-state index contributed by atoms with van der Waals surface area (Å²) in [6, 6.07) is 0. The Labute approximate surface area is 66.8 Å². The molecular formula is C8H13ClO. The van der Waals surface area contributed by atoms with Gasteiger partial charge in [0, 0.05) is 5.92 Å². The molecule has 1 rings (SSSR count). The summed E-state index contributed by atoms with van der Waals surface area (Å²) < 4.78 is 0. The smallest absolute Gasteiger partial charge is 0.225 e. The van der Waals surface area contributed by atoms with Gasteiger partial charge in [0.15, 0.2) is 0 Å². The molecule has 0 spiro atoms. The van der Waals surface area contributed by atoms with Crippen LogP contribution >= 0.6 is 11.6 Å². The summed E-state index contributed by atoms with van der Waals surface area (Å²) in [7, 11) is 0. The van der Waals surface area contributed by atoms with E-state index in [1.807, 2.05) is 0 Å². The fraction of sp³-hybridized carbons (Fsp3) is 0.875. The second kappa shape index (κ2) is 2.91. The molecular weight excluding hydrogens is 148 g/mol. The number of hydrogen-bond acceptors (Lipinski definition) is 1. The molecule has 0 heterocycles. The first kappa shape index (κ1) is 8.06. The average Bonchev–Trinajstić information content (AvgIpc) is 2.43. The van der Waals surface area contributed by atoms with E-state index in [0.29, 0.717) is 11.8 Å². The van der Waals surface area contributed by atoms with Crippen LogP contribution in [-0.4, -0.2) is 5.24 Å². The second-order valence-electron chi connectivity index (χ2n) is 3.54. The monoisotopic (exact) mass is 160 g/mol. The van der Waals surface area contributed by atoms with Gasteiger partial charge in [0.25, 0.3) is 0 Å². The Bertz CT molecular complexity index is 142. The zero-order valence-electron chi connectivity index (χ0n) is 6.43. The van der Waals surface area contributed by atoms with Crippen molar-refractivity contribution in [2.75, 3.05) is 0 Å². The maximum atomic E-state index is 10.6. The van der Waals surface area contributed by atoms with Crippen LogP contribution in [0, 0.1) is 17.8 Å². The summed E-state index contributed by atoms with van der Waals surface area (Å²) in [6.45, 7) is 4.35. The van der Waals surface area contributed by atoms with E-state index in [9.17, 15) is 4.79 Å². The van der Waals surface area contributed by atoms with Crippen LogP contribution in [0.15, 0.2) is 0 Å². The van der Waals surface area contributed by atoms with Crippen molar-refractivity contribution in [2.24, 2.45) is 17.8 Å². The van der Waals surface area contributed by atoms with E-state index in [1.54, 1.807) is 0 Å². The third-order valence-electron chi connectivity index (χ3n) is 1.99. The van der Waals surface area contributed by atoms with Gasteiger partial charge in [-0.3, -0.25) is 4.79 Å². The topological polar surface area (TPSA) is 17.1 Å². The molecule has 2 heteroatoms. The zero-order chi connectivity index (χ0) is 7.72. The number of hydrogen-bond donors (Lipinski definition) is 0. The highest BCUT2D eigenvalue weighted by Crippen LogP contribution is 2.44. The molecule has 0 aromatic heterocycles. The van der Waals surface area contributed by atoms with Crippen molar-refractivity contribution in [1.29, 1.82) is 0 Å². The minimum absolute atomic E-state index is 0.134. The van der Waals surface area contributed by atoms with E-state index in [2.05, 4.69) is 13.8 Å². The molecule has 2 atom stereocenters. The number of carbonyl (C=O) groups is 1. The van der Waals surface area contributed by atoms with Crippen molar-refractivity contribution >= 4 is 16.8 Å². The number of halogens is 1. The molecule has 1 nitrogen and oxygen atoms in total. The van der Waals surface area contributed by atoms with E-state index >= 15 is 0 Å². The zero-order valence-corrected chi connectivity index (χ0v) is 7.19. The van der Waals surface area contributed by atoms with Gasteiger partial charge < -0.3 is 0 Å². The van der Waals surface area contributed by atoms with Gasteiger partial charge in [-0.2, -0.15) is 0 Å². The molecule has 58 valence electrons. The van der Waals surface area contributed by atoms with Crippen LogP contribution < -0.4 is 0 Å². The molecule has 2 unspecified atom stereocenters. The van der Waals surface area contributed by atoms with Gasteiger partial charge in [0.05, 0.1) is 0 Å². The minimum Gasteiger partial charge on any atom is -0.281 e. The summed E-state index contributed by atoms with van der Waals surface area (Å²) in [5, 5.41) is -0.134. The molecule has 1 saturated carbocycles. The maximum Gasteiger partial charge on any atom is 0.225 e. The first-order valence-electron chi connectivity index (χ1n) is 3.80. The fourth-order valence-corrected chi connectivity index (χ4v) is 1.66. The van der Waals surface area contributed by atoms with Gasteiger partial charge in [-0.15, -0.1) is 0 Å². The lowest BCUT2D eigenvalue weighted by atomic mass is 10.1. The van der Waals surface area contributed by atoms with Crippen LogP contribution in [-0.2, 0) is 4.79 Å². The molecule has 0 amide bonds. The number of rotatable bonds is 3. The molecule has 0 radical (unpaired) electrons. The van der Waals surface area contributed by atoms with Crippen LogP contribution in [0.2, 0.25) is 0 Å². The normalized spacial score (nSPS) is 30.8. The van der Waals surface area contributed by atoms with Gasteiger partial charge in [-0.05, 0) is 36.3 Å². The predicted octanol–water partition coefficient (Wildman–Crippen LogP) is 2.43. The van der Waals surface area contributed by atoms with Crippen molar-refractivity contribution in [3.8, 4) is 0 Å². The summed E-state index contributed by atoms with van der Waals surface area (Å²) in [6.07, 6.45) is 2.18. The first-order chi connectivity index (χ1) is 4.61. The molecule has 1 fully saturated rings. The fourth-order valence-electron chi connectivity index (χ4n) is 1.39. The highest BCUT2D eigenvalue weighted by atomic mass is 35.5. The van der Waals surface area contributed by atoms with E-state index in [1.165, 1.54) is 0 Å². The van der Waals surface area contributed by atoms with Crippen LogP contribution in [0.25, 0.3) is 0 Å².